The number of hydrogen-bond donors (Lipinski definition) is 1. The molecule has 0 saturated heterocycles. The lowest BCUT2D eigenvalue weighted by Crippen LogP contribution is -2.22. The zero-order chi connectivity index (χ0) is 20.4. The number of rotatable bonds is 5. The molecule has 0 aliphatic carbocycles. The molecule has 2 heterocycles. The molecule has 0 unspecified atom stereocenters. The van der Waals surface area contributed by atoms with Gasteiger partial charge < -0.3 is 5.32 Å². The van der Waals surface area contributed by atoms with E-state index in [0.29, 0.717) is 32.3 Å². The van der Waals surface area contributed by atoms with E-state index in [1.807, 2.05) is 26.0 Å². The third-order valence-corrected chi connectivity index (χ3v) is 5.00. The molecule has 0 fully saturated rings. The van der Waals surface area contributed by atoms with Crippen molar-refractivity contribution in [3.63, 3.8) is 0 Å². The maximum atomic E-state index is 13.2. The molecule has 0 atom stereocenters. The van der Waals surface area contributed by atoms with Gasteiger partial charge in [0.1, 0.15) is 10.3 Å². The highest BCUT2D eigenvalue weighted by atomic mass is 79.9. The zero-order valence-corrected chi connectivity index (χ0v) is 17.9. The van der Waals surface area contributed by atoms with Crippen molar-refractivity contribution in [3.05, 3.63) is 74.1 Å². The van der Waals surface area contributed by atoms with E-state index in [1.165, 1.54) is 4.68 Å². The number of pyridine rings is 1. The largest absolute Gasteiger partial charge is 0.355 e. The predicted molar refractivity (Wildman–Crippen MR) is 111 cm³/mol. The number of hydrogen-bond acceptors (Lipinski definition) is 4. The van der Waals surface area contributed by atoms with Crippen LogP contribution in [0, 0.1) is 13.8 Å². The lowest BCUT2D eigenvalue weighted by atomic mass is 9.95. The summed E-state index contributed by atoms with van der Waals surface area (Å²) in [7, 11) is 1.54. The van der Waals surface area contributed by atoms with Gasteiger partial charge in [0.15, 0.2) is 11.6 Å². The fraction of sp³-hybridized carbons (Fsp3) is 0.200. The fourth-order valence-corrected chi connectivity index (χ4v) is 3.66. The maximum Gasteiger partial charge on any atom is 0.251 e. The average molecular weight is 462 g/mol. The average Bonchev–Trinajstić information content (AvgIpc) is 3.05. The molecule has 28 heavy (non-hydrogen) atoms. The molecule has 0 aliphatic rings. The number of ketones is 1. The van der Waals surface area contributed by atoms with Crippen molar-refractivity contribution in [1.29, 1.82) is 0 Å². The number of aromatic nitrogens is 3. The number of carbonyl (C=O) groups excluding carboxylic acids is 2. The summed E-state index contributed by atoms with van der Waals surface area (Å²) in [4.78, 5) is 29.8. The summed E-state index contributed by atoms with van der Waals surface area (Å²) in [5.74, 6) is 0.110. The molecular weight excluding hydrogens is 444 g/mol. The van der Waals surface area contributed by atoms with Crippen molar-refractivity contribution < 1.29 is 9.59 Å². The van der Waals surface area contributed by atoms with Gasteiger partial charge in [-0.05, 0) is 64.7 Å². The van der Waals surface area contributed by atoms with Crippen LogP contribution in [0.4, 0.5) is 0 Å². The number of carbonyl (C=O) groups is 2. The summed E-state index contributed by atoms with van der Waals surface area (Å²) in [6.45, 7) is 3.73. The molecule has 2 aromatic heterocycles. The molecule has 144 valence electrons. The van der Waals surface area contributed by atoms with Crippen LogP contribution in [0.3, 0.4) is 0 Å². The van der Waals surface area contributed by atoms with E-state index in [4.69, 9.17) is 11.6 Å². The van der Waals surface area contributed by atoms with Crippen LogP contribution < -0.4 is 5.32 Å². The Hall–Kier alpha value is -2.51. The quantitative estimate of drug-likeness (QED) is 0.581. The maximum absolute atomic E-state index is 13.2. The molecule has 0 radical (unpaired) electrons. The van der Waals surface area contributed by atoms with Gasteiger partial charge in [0.25, 0.3) is 5.91 Å². The summed E-state index contributed by atoms with van der Waals surface area (Å²) in [5, 5.41) is 7.41. The minimum Gasteiger partial charge on any atom is -0.355 e. The minimum atomic E-state index is -0.288. The van der Waals surface area contributed by atoms with Gasteiger partial charge in [-0.1, -0.05) is 17.7 Å². The van der Waals surface area contributed by atoms with Crippen LogP contribution >= 0.6 is 27.5 Å². The zero-order valence-electron chi connectivity index (χ0n) is 15.6. The highest BCUT2D eigenvalue weighted by Gasteiger charge is 2.22. The first-order chi connectivity index (χ1) is 13.3. The van der Waals surface area contributed by atoms with Crippen LogP contribution in [0.1, 0.15) is 37.5 Å². The highest BCUT2D eigenvalue weighted by Crippen LogP contribution is 2.24. The Morgan fingerprint density at radius 2 is 1.96 bits per heavy atom. The number of halogens is 2. The van der Waals surface area contributed by atoms with E-state index >= 15 is 0 Å². The van der Waals surface area contributed by atoms with Gasteiger partial charge in [0, 0.05) is 36.3 Å². The van der Waals surface area contributed by atoms with Crippen molar-refractivity contribution in [2.45, 2.75) is 20.3 Å². The Balaban J connectivity index is 2.05. The SMILES string of the molecule is CNC(=O)c1cc(Cl)cc(C)c1CC(=O)c1cc(Br)nn1-c1ncccc1C. The first-order valence-electron chi connectivity index (χ1n) is 8.53. The summed E-state index contributed by atoms with van der Waals surface area (Å²) in [6, 6.07) is 8.70. The predicted octanol–water partition coefficient (Wildman–Crippen LogP) is 4.09. The number of benzene rings is 1. The third-order valence-electron chi connectivity index (χ3n) is 4.39. The lowest BCUT2D eigenvalue weighted by molar-refractivity contribution is 0.0961. The molecule has 1 N–H and O–H groups in total. The second-order valence-electron chi connectivity index (χ2n) is 6.34. The molecule has 0 spiro atoms. The van der Waals surface area contributed by atoms with Crippen molar-refractivity contribution in [2.24, 2.45) is 0 Å². The Morgan fingerprint density at radius 1 is 1.21 bits per heavy atom. The Morgan fingerprint density at radius 3 is 2.64 bits per heavy atom. The number of nitrogens with zero attached hydrogens (tertiary/aromatic N) is 3. The van der Waals surface area contributed by atoms with Crippen LogP contribution in [-0.4, -0.2) is 33.5 Å². The van der Waals surface area contributed by atoms with Gasteiger partial charge in [-0.25, -0.2) is 9.67 Å². The number of nitrogens with one attached hydrogen (secondary N) is 1. The number of aryl methyl sites for hydroxylation is 2. The molecule has 0 bridgehead atoms. The van der Waals surface area contributed by atoms with Crippen LogP contribution in [0.15, 0.2) is 41.1 Å². The normalized spacial score (nSPS) is 10.8. The molecule has 3 rings (SSSR count). The van der Waals surface area contributed by atoms with E-state index in [-0.39, 0.29) is 18.1 Å². The van der Waals surface area contributed by atoms with E-state index in [0.717, 1.165) is 11.1 Å². The first kappa shape index (κ1) is 20.2. The second kappa shape index (κ2) is 8.24. The molecule has 1 aromatic carbocycles. The monoisotopic (exact) mass is 460 g/mol. The van der Waals surface area contributed by atoms with Crippen molar-refractivity contribution >= 4 is 39.2 Å². The van der Waals surface area contributed by atoms with Crippen LogP contribution in [-0.2, 0) is 6.42 Å². The van der Waals surface area contributed by atoms with Gasteiger partial charge >= 0.3 is 0 Å². The van der Waals surface area contributed by atoms with E-state index in [2.05, 4.69) is 31.3 Å². The fourth-order valence-electron chi connectivity index (χ4n) is 3.01. The molecule has 8 heteroatoms. The summed E-state index contributed by atoms with van der Waals surface area (Å²) in [5.41, 5.74) is 3.07. The van der Waals surface area contributed by atoms with Crippen LogP contribution in [0.5, 0.6) is 0 Å². The van der Waals surface area contributed by atoms with E-state index < -0.39 is 0 Å². The molecule has 1 amide bonds. The Bertz CT molecular complexity index is 1080. The van der Waals surface area contributed by atoms with Gasteiger partial charge in [-0.3, -0.25) is 9.59 Å². The molecule has 6 nitrogen and oxygen atoms in total. The third kappa shape index (κ3) is 4.00. The van der Waals surface area contributed by atoms with Gasteiger partial charge in [-0.2, -0.15) is 5.10 Å². The topological polar surface area (TPSA) is 76.9 Å². The Kier molecular flexibility index (Phi) is 5.96. The number of amides is 1. The lowest BCUT2D eigenvalue weighted by Gasteiger charge is -2.13. The molecule has 3 aromatic rings. The smallest absolute Gasteiger partial charge is 0.251 e. The molecule has 0 aliphatic heterocycles. The number of Topliss-reactive ketones (excluding diaryl/α,β-unsaturated/α-hetero) is 1. The summed E-state index contributed by atoms with van der Waals surface area (Å²) < 4.78 is 2.05. The van der Waals surface area contributed by atoms with Crippen LogP contribution in [0.2, 0.25) is 5.02 Å². The molecular formula is C20H18BrClN4O2. The van der Waals surface area contributed by atoms with Gasteiger partial charge in [0.2, 0.25) is 0 Å². The van der Waals surface area contributed by atoms with Gasteiger partial charge in [0.05, 0.1) is 0 Å². The van der Waals surface area contributed by atoms with Crippen molar-refractivity contribution in [2.75, 3.05) is 7.05 Å². The second-order valence-corrected chi connectivity index (χ2v) is 7.58. The summed E-state index contributed by atoms with van der Waals surface area (Å²) in [6.07, 6.45) is 1.69. The summed E-state index contributed by atoms with van der Waals surface area (Å²) >= 11 is 9.45. The first-order valence-corrected chi connectivity index (χ1v) is 9.70. The van der Waals surface area contributed by atoms with Crippen LogP contribution in [0.25, 0.3) is 5.82 Å². The standard InChI is InChI=1S/C20H18BrClN4O2/c1-11-5-4-6-24-19(11)26-16(10-18(21)25-26)17(27)9-14-12(2)7-13(22)8-15(14)20(28)23-3/h4-8,10H,9H2,1-3H3,(H,23,28). The Labute approximate surface area is 176 Å². The van der Waals surface area contributed by atoms with Gasteiger partial charge in [-0.15, -0.1) is 0 Å². The minimum absolute atomic E-state index is 0.0375. The van der Waals surface area contributed by atoms with E-state index in [1.54, 1.807) is 31.4 Å². The van der Waals surface area contributed by atoms with E-state index in [9.17, 15) is 9.59 Å². The van der Waals surface area contributed by atoms with Crippen molar-refractivity contribution in [1.82, 2.24) is 20.1 Å². The molecule has 0 saturated carbocycles. The van der Waals surface area contributed by atoms with Crippen molar-refractivity contribution in [3.8, 4) is 5.82 Å². The highest BCUT2D eigenvalue weighted by molar-refractivity contribution is 9.10.